The van der Waals surface area contributed by atoms with Gasteiger partial charge in [0.15, 0.2) is 0 Å². The van der Waals surface area contributed by atoms with Crippen molar-refractivity contribution < 1.29 is 0 Å². The zero-order valence-electron chi connectivity index (χ0n) is 11.6. The smallest absolute Gasteiger partial charge is 0.0340 e. The van der Waals surface area contributed by atoms with Gasteiger partial charge in [-0.3, -0.25) is 0 Å². The molecular weight excluding hydrogens is 222 g/mol. The maximum absolute atomic E-state index is 3.52. The summed E-state index contributed by atoms with van der Waals surface area (Å²) in [5.74, 6) is 0.685. The molecule has 1 saturated heterocycles. The standard InChI is InChI=1S/C15H25N3/c1-13-3-5-15(6-4-13)17-11-14(2)12-18-9-7-16-8-10-18/h3-6,14,16-17H,7-12H2,1-2H3. The Labute approximate surface area is 111 Å². The molecule has 0 bridgehead atoms. The molecule has 1 aliphatic rings. The van der Waals surface area contributed by atoms with Crippen LogP contribution in [0, 0.1) is 12.8 Å². The molecule has 0 aromatic heterocycles. The molecule has 1 heterocycles. The Bertz CT molecular complexity index is 341. The number of hydrogen-bond acceptors (Lipinski definition) is 3. The first-order valence-electron chi connectivity index (χ1n) is 6.97. The zero-order valence-corrected chi connectivity index (χ0v) is 11.6. The van der Waals surface area contributed by atoms with Gasteiger partial charge in [-0.1, -0.05) is 24.6 Å². The molecule has 1 aromatic carbocycles. The second-order valence-corrected chi connectivity index (χ2v) is 5.40. The van der Waals surface area contributed by atoms with Crippen LogP contribution < -0.4 is 10.6 Å². The van der Waals surface area contributed by atoms with Crippen LogP contribution in [0.4, 0.5) is 5.69 Å². The average Bonchev–Trinajstić information content (AvgIpc) is 2.39. The fourth-order valence-electron chi connectivity index (χ4n) is 2.36. The first kappa shape index (κ1) is 13.4. The fourth-order valence-corrected chi connectivity index (χ4v) is 2.36. The second kappa shape index (κ2) is 6.76. The number of benzene rings is 1. The predicted molar refractivity (Wildman–Crippen MR) is 78.1 cm³/mol. The van der Waals surface area contributed by atoms with Gasteiger partial charge in [-0.25, -0.2) is 0 Å². The molecule has 0 radical (unpaired) electrons. The summed E-state index contributed by atoms with van der Waals surface area (Å²) < 4.78 is 0. The minimum Gasteiger partial charge on any atom is -0.385 e. The molecule has 3 heteroatoms. The maximum Gasteiger partial charge on any atom is 0.0340 e. The third kappa shape index (κ3) is 4.31. The van der Waals surface area contributed by atoms with Crippen LogP contribution in [-0.4, -0.2) is 44.2 Å². The van der Waals surface area contributed by atoms with Gasteiger partial charge in [0.25, 0.3) is 0 Å². The highest BCUT2D eigenvalue weighted by molar-refractivity contribution is 5.44. The van der Waals surface area contributed by atoms with E-state index in [1.165, 1.54) is 30.9 Å². The minimum absolute atomic E-state index is 0.685. The molecule has 2 rings (SSSR count). The van der Waals surface area contributed by atoms with Crippen LogP contribution in [0.5, 0.6) is 0 Å². The quantitative estimate of drug-likeness (QED) is 0.833. The van der Waals surface area contributed by atoms with E-state index in [1.54, 1.807) is 0 Å². The van der Waals surface area contributed by atoms with Crippen molar-refractivity contribution in [3.05, 3.63) is 29.8 Å². The van der Waals surface area contributed by atoms with E-state index in [4.69, 9.17) is 0 Å². The monoisotopic (exact) mass is 247 g/mol. The van der Waals surface area contributed by atoms with Gasteiger partial charge in [-0.05, 0) is 25.0 Å². The summed E-state index contributed by atoms with van der Waals surface area (Å²) in [5, 5.41) is 6.91. The fraction of sp³-hybridized carbons (Fsp3) is 0.600. The number of anilines is 1. The molecule has 1 aliphatic heterocycles. The summed E-state index contributed by atoms with van der Waals surface area (Å²) in [7, 11) is 0. The summed E-state index contributed by atoms with van der Waals surface area (Å²) in [4.78, 5) is 2.55. The molecule has 1 unspecified atom stereocenters. The molecule has 1 fully saturated rings. The summed E-state index contributed by atoms with van der Waals surface area (Å²) in [6.45, 7) is 11.3. The van der Waals surface area contributed by atoms with E-state index < -0.39 is 0 Å². The van der Waals surface area contributed by atoms with E-state index in [1.807, 2.05) is 0 Å². The van der Waals surface area contributed by atoms with E-state index in [0.29, 0.717) is 5.92 Å². The SMILES string of the molecule is Cc1ccc(NCC(C)CN2CCNCC2)cc1. The van der Waals surface area contributed by atoms with Gasteiger partial charge in [0.1, 0.15) is 0 Å². The van der Waals surface area contributed by atoms with E-state index in [2.05, 4.69) is 53.6 Å². The molecule has 0 saturated carbocycles. The van der Waals surface area contributed by atoms with Crippen LogP contribution in [-0.2, 0) is 0 Å². The van der Waals surface area contributed by atoms with Gasteiger partial charge in [0.2, 0.25) is 0 Å². The Morgan fingerprint density at radius 3 is 2.56 bits per heavy atom. The number of nitrogens with zero attached hydrogens (tertiary/aromatic N) is 1. The Morgan fingerprint density at radius 1 is 1.22 bits per heavy atom. The van der Waals surface area contributed by atoms with Crippen LogP contribution in [0.2, 0.25) is 0 Å². The largest absolute Gasteiger partial charge is 0.385 e. The van der Waals surface area contributed by atoms with Crippen molar-refractivity contribution in [3.8, 4) is 0 Å². The van der Waals surface area contributed by atoms with E-state index in [-0.39, 0.29) is 0 Å². The normalized spacial score (nSPS) is 18.6. The van der Waals surface area contributed by atoms with E-state index in [0.717, 1.165) is 19.6 Å². The first-order chi connectivity index (χ1) is 8.74. The van der Waals surface area contributed by atoms with Crippen LogP contribution in [0.15, 0.2) is 24.3 Å². The van der Waals surface area contributed by atoms with Crippen molar-refractivity contribution in [2.75, 3.05) is 44.6 Å². The Balaban J connectivity index is 1.70. The summed E-state index contributed by atoms with van der Waals surface area (Å²) in [6, 6.07) is 8.63. The maximum atomic E-state index is 3.52. The lowest BCUT2D eigenvalue weighted by Crippen LogP contribution is -2.45. The Hall–Kier alpha value is -1.06. The lowest BCUT2D eigenvalue weighted by molar-refractivity contribution is 0.215. The Morgan fingerprint density at radius 2 is 1.89 bits per heavy atom. The molecule has 1 aromatic rings. The lowest BCUT2D eigenvalue weighted by atomic mass is 10.1. The Kier molecular flexibility index (Phi) is 5.02. The molecular formula is C15H25N3. The van der Waals surface area contributed by atoms with Crippen molar-refractivity contribution in [1.29, 1.82) is 0 Å². The van der Waals surface area contributed by atoms with Crippen molar-refractivity contribution in [3.63, 3.8) is 0 Å². The van der Waals surface area contributed by atoms with Crippen molar-refractivity contribution in [2.45, 2.75) is 13.8 Å². The highest BCUT2D eigenvalue weighted by Gasteiger charge is 2.12. The highest BCUT2D eigenvalue weighted by Crippen LogP contribution is 2.10. The number of aryl methyl sites for hydroxylation is 1. The van der Waals surface area contributed by atoms with Crippen molar-refractivity contribution >= 4 is 5.69 Å². The van der Waals surface area contributed by atoms with Gasteiger partial charge < -0.3 is 15.5 Å². The van der Waals surface area contributed by atoms with E-state index >= 15 is 0 Å². The molecule has 0 aliphatic carbocycles. The second-order valence-electron chi connectivity index (χ2n) is 5.40. The van der Waals surface area contributed by atoms with Gasteiger partial charge >= 0.3 is 0 Å². The van der Waals surface area contributed by atoms with Gasteiger partial charge in [-0.2, -0.15) is 0 Å². The highest BCUT2D eigenvalue weighted by atomic mass is 15.2. The molecule has 2 N–H and O–H groups in total. The van der Waals surface area contributed by atoms with Crippen LogP contribution in [0.1, 0.15) is 12.5 Å². The van der Waals surface area contributed by atoms with Crippen LogP contribution >= 0.6 is 0 Å². The van der Waals surface area contributed by atoms with Gasteiger partial charge in [0, 0.05) is 45.0 Å². The van der Waals surface area contributed by atoms with Gasteiger partial charge in [0.05, 0.1) is 0 Å². The van der Waals surface area contributed by atoms with Gasteiger partial charge in [-0.15, -0.1) is 0 Å². The third-order valence-electron chi connectivity index (χ3n) is 3.49. The van der Waals surface area contributed by atoms with Crippen LogP contribution in [0.25, 0.3) is 0 Å². The minimum atomic E-state index is 0.685. The first-order valence-corrected chi connectivity index (χ1v) is 6.97. The molecule has 0 spiro atoms. The number of rotatable bonds is 5. The van der Waals surface area contributed by atoms with Crippen molar-refractivity contribution in [1.82, 2.24) is 10.2 Å². The van der Waals surface area contributed by atoms with E-state index in [9.17, 15) is 0 Å². The summed E-state index contributed by atoms with van der Waals surface area (Å²) in [5.41, 5.74) is 2.54. The molecule has 100 valence electrons. The van der Waals surface area contributed by atoms with Crippen LogP contribution in [0.3, 0.4) is 0 Å². The lowest BCUT2D eigenvalue weighted by Gasteiger charge is -2.29. The topological polar surface area (TPSA) is 27.3 Å². The summed E-state index contributed by atoms with van der Waals surface area (Å²) >= 11 is 0. The summed E-state index contributed by atoms with van der Waals surface area (Å²) in [6.07, 6.45) is 0. The zero-order chi connectivity index (χ0) is 12.8. The number of piperazine rings is 1. The van der Waals surface area contributed by atoms with Crippen molar-refractivity contribution in [2.24, 2.45) is 5.92 Å². The number of hydrogen-bond donors (Lipinski definition) is 2. The molecule has 1 atom stereocenters. The molecule has 3 nitrogen and oxygen atoms in total. The predicted octanol–water partition coefficient (Wildman–Crippen LogP) is 1.95. The molecule has 0 amide bonds. The third-order valence-corrected chi connectivity index (χ3v) is 3.49. The molecule has 18 heavy (non-hydrogen) atoms. The average molecular weight is 247 g/mol. The number of nitrogens with one attached hydrogen (secondary N) is 2.